The molecule has 0 aromatic heterocycles. The summed E-state index contributed by atoms with van der Waals surface area (Å²) in [6.45, 7) is 10.1. The smallest absolute Gasteiger partial charge is 0.112 e. The van der Waals surface area contributed by atoms with Gasteiger partial charge in [-0.05, 0) is 25.2 Å². The molecule has 0 amide bonds. The van der Waals surface area contributed by atoms with Gasteiger partial charge in [0.15, 0.2) is 0 Å². The first kappa shape index (κ1) is 9.47. The summed E-state index contributed by atoms with van der Waals surface area (Å²) in [6.07, 6.45) is 3.00. The van der Waals surface area contributed by atoms with E-state index in [1.165, 1.54) is 12.8 Å². The van der Waals surface area contributed by atoms with Crippen molar-refractivity contribution in [2.45, 2.75) is 58.3 Å². The number of hydrogen-bond donors (Lipinski definition) is 1. The second-order valence-electron chi connectivity index (χ2n) is 5.61. The lowest BCUT2D eigenvalue weighted by Gasteiger charge is -2.28. The molecule has 1 N–H and O–H groups in total. The van der Waals surface area contributed by atoms with Crippen LogP contribution in [0.4, 0.5) is 0 Å². The highest BCUT2D eigenvalue weighted by molar-refractivity contribution is 5.12. The molecule has 0 bridgehead atoms. The Bertz CT molecular complexity index is 209. The summed E-state index contributed by atoms with van der Waals surface area (Å²) in [5, 5.41) is 3.56. The zero-order valence-corrected chi connectivity index (χ0v) is 9.18. The first-order valence-corrected chi connectivity index (χ1v) is 5.37. The average Bonchev–Trinajstić information content (AvgIpc) is 2.69. The van der Waals surface area contributed by atoms with Gasteiger partial charge in [-0.3, -0.25) is 0 Å². The van der Waals surface area contributed by atoms with Crippen LogP contribution >= 0.6 is 0 Å². The molecule has 2 aliphatic heterocycles. The fourth-order valence-electron chi connectivity index (χ4n) is 2.42. The number of ether oxygens (including phenoxy) is 1. The Balaban J connectivity index is 2.10. The van der Waals surface area contributed by atoms with E-state index in [-0.39, 0.29) is 11.0 Å². The van der Waals surface area contributed by atoms with Crippen LogP contribution in [0.5, 0.6) is 0 Å². The van der Waals surface area contributed by atoms with Crippen LogP contribution in [0.1, 0.15) is 40.5 Å². The molecule has 0 aromatic carbocycles. The Hall–Kier alpha value is -0.0800. The van der Waals surface area contributed by atoms with Gasteiger partial charge in [-0.1, -0.05) is 20.8 Å². The van der Waals surface area contributed by atoms with Crippen molar-refractivity contribution in [2.75, 3.05) is 6.54 Å². The lowest BCUT2D eigenvalue weighted by Crippen LogP contribution is -2.42. The molecule has 2 heteroatoms. The molecule has 2 aliphatic rings. The van der Waals surface area contributed by atoms with Crippen LogP contribution in [0.2, 0.25) is 0 Å². The van der Waals surface area contributed by atoms with Crippen molar-refractivity contribution in [2.24, 2.45) is 5.41 Å². The quantitative estimate of drug-likeness (QED) is 0.580. The van der Waals surface area contributed by atoms with E-state index < -0.39 is 0 Å². The van der Waals surface area contributed by atoms with E-state index in [1.807, 2.05) is 0 Å². The van der Waals surface area contributed by atoms with Crippen molar-refractivity contribution in [1.29, 1.82) is 0 Å². The SMILES string of the molecule is CC1CCC2OC2(C(C)(C)C)CN1. The molecule has 2 rings (SSSR count). The van der Waals surface area contributed by atoms with Gasteiger partial charge in [-0.25, -0.2) is 0 Å². The van der Waals surface area contributed by atoms with Gasteiger partial charge in [0.05, 0.1) is 6.10 Å². The van der Waals surface area contributed by atoms with Crippen molar-refractivity contribution >= 4 is 0 Å². The molecule has 2 fully saturated rings. The Morgan fingerprint density at radius 3 is 2.62 bits per heavy atom. The minimum absolute atomic E-state index is 0.137. The minimum Gasteiger partial charge on any atom is -0.364 e. The van der Waals surface area contributed by atoms with Crippen molar-refractivity contribution < 1.29 is 4.74 Å². The van der Waals surface area contributed by atoms with Crippen LogP contribution in [0.15, 0.2) is 0 Å². The minimum atomic E-state index is 0.137. The highest BCUT2D eigenvalue weighted by Gasteiger charge is 2.63. The third-order valence-electron chi connectivity index (χ3n) is 3.66. The summed E-state index contributed by atoms with van der Waals surface area (Å²) in [5.41, 5.74) is 0.409. The van der Waals surface area contributed by atoms with E-state index in [4.69, 9.17) is 4.74 Å². The van der Waals surface area contributed by atoms with Gasteiger partial charge in [-0.15, -0.1) is 0 Å². The Labute approximate surface area is 81.0 Å². The highest BCUT2D eigenvalue weighted by Crippen LogP contribution is 2.52. The van der Waals surface area contributed by atoms with Crippen molar-refractivity contribution in [1.82, 2.24) is 5.32 Å². The zero-order chi connectivity index (χ0) is 9.69. The zero-order valence-electron chi connectivity index (χ0n) is 9.18. The number of epoxide rings is 1. The van der Waals surface area contributed by atoms with Gasteiger partial charge in [0, 0.05) is 12.6 Å². The Morgan fingerprint density at radius 2 is 2.00 bits per heavy atom. The number of rotatable bonds is 0. The van der Waals surface area contributed by atoms with Gasteiger partial charge >= 0.3 is 0 Å². The van der Waals surface area contributed by atoms with Gasteiger partial charge in [0.1, 0.15) is 5.60 Å². The predicted octanol–water partition coefficient (Wildman–Crippen LogP) is 1.94. The van der Waals surface area contributed by atoms with E-state index in [0.717, 1.165) is 6.54 Å². The average molecular weight is 183 g/mol. The fourth-order valence-corrected chi connectivity index (χ4v) is 2.42. The highest BCUT2D eigenvalue weighted by atomic mass is 16.6. The molecule has 2 heterocycles. The number of fused-ring (bicyclic) bond motifs is 1. The molecule has 76 valence electrons. The molecular formula is C11H21NO. The fraction of sp³-hybridized carbons (Fsp3) is 1.00. The number of nitrogens with one attached hydrogen (secondary N) is 1. The van der Waals surface area contributed by atoms with E-state index in [1.54, 1.807) is 0 Å². The summed E-state index contributed by atoms with van der Waals surface area (Å²) >= 11 is 0. The molecule has 0 radical (unpaired) electrons. The molecule has 0 spiro atoms. The maximum Gasteiger partial charge on any atom is 0.112 e. The van der Waals surface area contributed by atoms with E-state index >= 15 is 0 Å². The Morgan fingerprint density at radius 1 is 1.31 bits per heavy atom. The second kappa shape index (κ2) is 2.71. The number of hydrogen-bond acceptors (Lipinski definition) is 2. The van der Waals surface area contributed by atoms with E-state index in [2.05, 4.69) is 33.0 Å². The largest absolute Gasteiger partial charge is 0.364 e. The van der Waals surface area contributed by atoms with Gasteiger partial charge in [-0.2, -0.15) is 0 Å². The molecule has 3 atom stereocenters. The Kier molecular flexibility index (Phi) is 1.97. The summed E-state index contributed by atoms with van der Waals surface area (Å²) in [5.74, 6) is 0. The molecule has 2 saturated heterocycles. The van der Waals surface area contributed by atoms with Crippen LogP contribution < -0.4 is 5.32 Å². The molecule has 2 nitrogen and oxygen atoms in total. The van der Waals surface area contributed by atoms with Crippen LogP contribution in [0.25, 0.3) is 0 Å². The monoisotopic (exact) mass is 183 g/mol. The van der Waals surface area contributed by atoms with E-state index in [9.17, 15) is 0 Å². The topological polar surface area (TPSA) is 24.6 Å². The molecule has 0 saturated carbocycles. The van der Waals surface area contributed by atoms with Crippen molar-refractivity contribution in [3.8, 4) is 0 Å². The summed E-state index contributed by atoms with van der Waals surface area (Å²) in [4.78, 5) is 0. The molecule has 0 aliphatic carbocycles. The lowest BCUT2D eigenvalue weighted by molar-refractivity contribution is 0.146. The first-order chi connectivity index (χ1) is 5.96. The van der Waals surface area contributed by atoms with Crippen LogP contribution in [-0.4, -0.2) is 24.3 Å². The van der Waals surface area contributed by atoms with E-state index in [0.29, 0.717) is 12.1 Å². The molecular weight excluding hydrogens is 162 g/mol. The summed E-state index contributed by atoms with van der Waals surface area (Å²) in [6, 6.07) is 0.663. The lowest BCUT2D eigenvalue weighted by atomic mass is 9.77. The molecule has 13 heavy (non-hydrogen) atoms. The van der Waals surface area contributed by atoms with Crippen molar-refractivity contribution in [3.63, 3.8) is 0 Å². The van der Waals surface area contributed by atoms with Crippen LogP contribution in [0.3, 0.4) is 0 Å². The van der Waals surface area contributed by atoms with Crippen molar-refractivity contribution in [3.05, 3.63) is 0 Å². The first-order valence-electron chi connectivity index (χ1n) is 5.37. The van der Waals surface area contributed by atoms with Gasteiger partial charge in [0.2, 0.25) is 0 Å². The summed E-state index contributed by atoms with van der Waals surface area (Å²) < 4.78 is 5.90. The maximum absolute atomic E-state index is 5.90. The summed E-state index contributed by atoms with van der Waals surface area (Å²) in [7, 11) is 0. The third kappa shape index (κ3) is 1.40. The van der Waals surface area contributed by atoms with Gasteiger partial charge < -0.3 is 10.1 Å². The molecule has 3 unspecified atom stereocenters. The molecule has 0 aromatic rings. The predicted molar refractivity (Wildman–Crippen MR) is 53.8 cm³/mol. The van der Waals surface area contributed by atoms with Crippen LogP contribution in [0, 0.1) is 5.41 Å². The second-order valence-corrected chi connectivity index (χ2v) is 5.61. The maximum atomic E-state index is 5.90. The van der Waals surface area contributed by atoms with Gasteiger partial charge in [0.25, 0.3) is 0 Å². The standard InChI is InChI=1S/C11H21NO/c1-8-5-6-9-11(13-9,7-12-8)10(2,3)4/h8-9,12H,5-7H2,1-4H3. The van der Waals surface area contributed by atoms with Crippen LogP contribution in [-0.2, 0) is 4.74 Å². The normalized spacial score (nSPS) is 45.2. The third-order valence-corrected chi connectivity index (χ3v) is 3.66.